The van der Waals surface area contributed by atoms with Crippen molar-refractivity contribution >= 4 is 11.6 Å². The first-order valence-corrected chi connectivity index (χ1v) is 7.94. The molecule has 4 heteroatoms. The van der Waals surface area contributed by atoms with Crippen LogP contribution in [0, 0.1) is 5.92 Å². The largest absolute Gasteiger partial charge is 0.370 e. The zero-order valence-corrected chi connectivity index (χ0v) is 13.7. The molecular formula is C16H30N4. The van der Waals surface area contributed by atoms with E-state index in [2.05, 4.69) is 60.9 Å². The van der Waals surface area contributed by atoms with Crippen molar-refractivity contribution in [2.24, 2.45) is 5.92 Å². The molecule has 4 nitrogen and oxygen atoms in total. The average Bonchev–Trinajstić information content (AvgIpc) is 2.45. The van der Waals surface area contributed by atoms with Gasteiger partial charge in [0.1, 0.15) is 18.0 Å². The van der Waals surface area contributed by atoms with Crippen molar-refractivity contribution in [2.75, 3.05) is 23.3 Å². The molecule has 1 aromatic heterocycles. The van der Waals surface area contributed by atoms with Crippen molar-refractivity contribution in [1.29, 1.82) is 0 Å². The number of hydrogen-bond donors (Lipinski definition) is 1. The summed E-state index contributed by atoms with van der Waals surface area (Å²) in [6.45, 7) is 13.2. The van der Waals surface area contributed by atoms with Gasteiger partial charge in [0.25, 0.3) is 0 Å². The second kappa shape index (κ2) is 8.77. The lowest BCUT2D eigenvalue weighted by Gasteiger charge is -2.33. The minimum atomic E-state index is 0.548. The Bertz CT molecular complexity index is 374. The molecule has 0 unspecified atom stereocenters. The van der Waals surface area contributed by atoms with Gasteiger partial charge >= 0.3 is 0 Å². The molecule has 0 bridgehead atoms. The Balaban J connectivity index is 2.94. The third kappa shape index (κ3) is 4.99. The van der Waals surface area contributed by atoms with Gasteiger partial charge in [-0.25, -0.2) is 9.97 Å². The van der Waals surface area contributed by atoms with E-state index in [4.69, 9.17) is 0 Å². The lowest BCUT2D eigenvalue weighted by molar-refractivity contribution is 0.503. The number of hydrogen-bond acceptors (Lipinski definition) is 4. The minimum Gasteiger partial charge on any atom is -0.370 e. The third-order valence-corrected chi connectivity index (χ3v) is 3.45. The molecule has 114 valence electrons. The lowest BCUT2D eigenvalue weighted by Crippen LogP contribution is -2.38. The molecule has 0 amide bonds. The van der Waals surface area contributed by atoms with Gasteiger partial charge in [-0.2, -0.15) is 0 Å². The molecule has 0 saturated carbocycles. The van der Waals surface area contributed by atoms with E-state index in [0.29, 0.717) is 12.0 Å². The lowest BCUT2D eigenvalue weighted by atomic mass is 10.1. The van der Waals surface area contributed by atoms with Crippen molar-refractivity contribution in [3.63, 3.8) is 0 Å². The number of aromatic nitrogens is 2. The van der Waals surface area contributed by atoms with Crippen molar-refractivity contribution in [2.45, 2.75) is 59.9 Å². The molecule has 0 aliphatic rings. The Morgan fingerprint density at radius 1 is 1.15 bits per heavy atom. The van der Waals surface area contributed by atoms with Gasteiger partial charge in [-0.3, -0.25) is 0 Å². The summed E-state index contributed by atoms with van der Waals surface area (Å²) in [6.07, 6.45) is 5.06. The molecule has 0 radical (unpaired) electrons. The second-order valence-electron chi connectivity index (χ2n) is 5.70. The molecule has 0 aliphatic heterocycles. The highest BCUT2D eigenvalue weighted by atomic mass is 15.2. The molecule has 0 fully saturated rings. The number of anilines is 2. The molecule has 1 heterocycles. The zero-order chi connectivity index (χ0) is 15.0. The predicted octanol–water partition coefficient (Wildman–Crippen LogP) is 3.95. The first-order chi connectivity index (χ1) is 9.62. The van der Waals surface area contributed by atoms with Gasteiger partial charge in [-0.1, -0.05) is 34.6 Å². The average molecular weight is 278 g/mol. The molecule has 1 aromatic rings. The minimum absolute atomic E-state index is 0.548. The van der Waals surface area contributed by atoms with Crippen LogP contribution in [0.2, 0.25) is 0 Å². The number of nitrogens with zero attached hydrogens (tertiary/aromatic N) is 3. The Morgan fingerprint density at radius 2 is 1.85 bits per heavy atom. The molecule has 0 saturated heterocycles. The normalized spacial score (nSPS) is 11.2. The van der Waals surface area contributed by atoms with Crippen LogP contribution in [0.5, 0.6) is 0 Å². The van der Waals surface area contributed by atoms with Gasteiger partial charge in [0.05, 0.1) is 0 Å². The van der Waals surface area contributed by atoms with Crippen LogP contribution in [0.4, 0.5) is 11.6 Å². The van der Waals surface area contributed by atoms with Crippen LogP contribution < -0.4 is 10.2 Å². The summed E-state index contributed by atoms with van der Waals surface area (Å²) in [5.41, 5.74) is 0. The Kier molecular flexibility index (Phi) is 7.34. The fourth-order valence-electron chi connectivity index (χ4n) is 2.41. The van der Waals surface area contributed by atoms with Gasteiger partial charge in [-0.05, 0) is 25.2 Å². The summed E-state index contributed by atoms with van der Waals surface area (Å²) in [5.74, 6) is 2.59. The van der Waals surface area contributed by atoms with Crippen LogP contribution in [0.1, 0.15) is 53.9 Å². The van der Waals surface area contributed by atoms with Crippen LogP contribution in [0.25, 0.3) is 0 Å². The summed E-state index contributed by atoms with van der Waals surface area (Å²) in [4.78, 5) is 11.2. The Hall–Kier alpha value is -1.32. The van der Waals surface area contributed by atoms with Gasteiger partial charge in [0.15, 0.2) is 0 Å². The van der Waals surface area contributed by atoms with Crippen LogP contribution >= 0.6 is 0 Å². The second-order valence-corrected chi connectivity index (χ2v) is 5.70. The molecular weight excluding hydrogens is 248 g/mol. The van der Waals surface area contributed by atoms with Gasteiger partial charge < -0.3 is 10.2 Å². The molecule has 1 rings (SSSR count). The number of nitrogens with one attached hydrogen (secondary N) is 1. The summed E-state index contributed by atoms with van der Waals surface area (Å²) in [6, 6.07) is 2.63. The first-order valence-electron chi connectivity index (χ1n) is 7.94. The highest BCUT2D eigenvalue weighted by Gasteiger charge is 2.18. The topological polar surface area (TPSA) is 41.0 Å². The third-order valence-electron chi connectivity index (χ3n) is 3.45. The van der Waals surface area contributed by atoms with Crippen molar-refractivity contribution < 1.29 is 0 Å². The van der Waals surface area contributed by atoms with E-state index >= 15 is 0 Å². The summed E-state index contributed by atoms with van der Waals surface area (Å²) >= 11 is 0. The van der Waals surface area contributed by atoms with E-state index in [9.17, 15) is 0 Å². The van der Waals surface area contributed by atoms with E-state index < -0.39 is 0 Å². The first kappa shape index (κ1) is 16.7. The molecule has 0 aliphatic carbocycles. The monoisotopic (exact) mass is 278 g/mol. The maximum absolute atomic E-state index is 4.49. The highest BCUT2D eigenvalue weighted by Crippen LogP contribution is 2.21. The number of rotatable bonds is 9. The fourth-order valence-corrected chi connectivity index (χ4v) is 2.41. The van der Waals surface area contributed by atoms with Crippen LogP contribution in [0.15, 0.2) is 12.4 Å². The van der Waals surface area contributed by atoms with Crippen molar-refractivity contribution in [3.8, 4) is 0 Å². The Morgan fingerprint density at radius 3 is 2.40 bits per heavy atom. The molecule has 1 N–H and O–H groups in total. The molecule has 0 spiro atoms. The van der Waals surface area contributed by atoms with Crippen molar-refractivity contribution in [1.82, 2.24) is 9.97 Å². The van der Waals surface area contributed by atoms with Gasteiger partial charge in [-0.15, -0.1) is 0 Å². The maximum atomic E-state index is 4.49. The van der Waals surface area contributed by atoms with E-state index in [1.807, 2.05) is 0 Å². The zero-order valence-electron chi connectivity index (χ0n) is 13.7. The summed E-state index contributed by atoms with van der Waals surface area (Å²) in [7, 11) is 0. The van der Waals surface area contributed by atoms with Crippen LogP contribution in [-0.4, -0.2) is 29.1 Å². The van der Waals surface area contributed by atoms with E-state index in [1.165, 1.54) is 0 Å². The SMILES string of the molecule is CCCNc1cc(N(CC(C)C)C(CC)CC)ncn1. The summed E-state index contributed by atoms with van der Waals surface area (Å²) in [5, 5.41) is 3.34. The fraction of sp³-hybridized carbons (Fsp3) is 0.750. The molecule has 0 aromatic carbocycles. The van der Waals surface area contributed by atoms with Crippen molar-refractivity contribution in [3.05, 3.63) is 12.4 Å². The Labute approximate surface area is 124 Å². The van der Waals surface area contributed by atoms with E-state index in [-0.39, 0.29) is 0 Å². The molecule has 20 heavy (non-hydrogen) atoms. The van der Waals surface area contributed by atoms with Crippen LogP contribution in [-0.2, 0) is 0 Å². The highest BCUT2D eigenvalue weighted by molar-refractivity contribution is 5.49. The van der Waals surface area contributed by atoms with E-state index in [0.717, 1.165) is 44.0 Å². The summed E-state index contributed by atoms with van der Waals surface area (Å²) < 4.78 is 0. The van der Waals surface area contributed by atoms with E-state index in [1.54, 1.807) is 6.33 Å². The quantitative estimate of drug-likeness (QED) is 0.742. The van der Waals surface area contributed by atoms with Gasteiger partial charge in [0.2, 0.25) is 0 Å². The predicted molar refractivity (Wildman–Crippen MR) is 87.4 cm³/mol. The molecule has 0 atom stereocenters. The smallest absolute Gasteiger partial charge is 0.134 e. The maximum Gasteiger partial charge on any atom is 0.134 e. The van der Waals surface area contributed by atoms with Crippen LogP contribution in [0.3, 0.4) is 0 Å². The standard InChI is InChI=1S/C16H30N4/c1-6-9-17-15-10-16(19-12-18-15)20(11-13(4)5)14(7-2)8-3/h10,12-14H,6-9,11H2,1-5H3,(H,17,18,19). The van der Waals surface area contributed by atoms with Gasteiger partial charge in [0, 0.05) is 25.2 Å².